The highest BCUT2D eigenvalue weighted by Crippen LogP contribution is 2.38. The van der Waals surface area contributed by atoms with E-state index >= 15 is 0 Å². The Morgan fingerprint density at radius 1 is 0.358 bits per heavy atom. The lowest BCUT2D eigenvalue weighted by Gasteiger charge is -2.07. The van der Waals surface area contributed by atoms with E-state index in [9.17, 15) is 0 Å². The van der Waals surface area contributed by atoms with Gasteiger partial charge >= 0.3 is 0 Å². The van der Waals surface area contributed by atoms with E-state index in [1.165, 1.54) is 0 Å². The number of aromatic nitrogens is 4. The van der Waals surface area contributed by atoms with Gasteiger partial charge in [0.15, 0.2) is 0 Å². The second-order valence-corrected chi connectivity index (χ2v) is 13.2. The van der Waals surface area contributed by atoms with Crippen molar-refractivity contribution in [2.24, 2.45) is 0 Å². The number of H-pyrrole nitrogens is 2. The van der Waals surface area contributed by atoms with Crippen molar-refractivity contribution in [1.29, 1.82) is 0 Å². The smallest absolute Gasteiger partial charge is 0.0777 e. The maximum Gasteiger partial charge on any atom is 0.0777 e. The maximum atomic E-state index is 8.60. The molecule has 5 heterocycles. The van der Waals surface area contributed by atoms with E-state index in [1.54, 1.807) is 0 Å². The summed E-state index contributed by atoms with van der Waals surface area (Å²) in [4.78, 5) is 18.3. The molecule has 53 heavy (non-hydrogen) atoms. The summed E-state index contributed by atoms with van der Waals surface area (Å²) in [5.74, 6) is 0. The minimum atomic E-state index is -4.69. The monoisotopic (exact) mass is 714 g/mol. The third-order valence-corrected chi connectivity index (χ3v) is 9.00. The number of hydrogen-bond donors (Lipinski definition) is 3. The highest BCUT2D eigenvalue weighted by molar-refractivity contribution is 5.99. The highest BCUT2D eigenvalue weighted by Gasteiger charge is 2.18. The van der Waals surface area contributed by atoms with Gasteiger partial charge in [0.05, 0.1) is 37.7 Å². The molecular weight excluding hydrogens is 684 g/mol. The molecule has 0 aliphatic carbocycles. The molecule has 9 rings (SSSR count). The van der Waals surface area contributed by atoms with Gasteiger partial charge in [-0.2, -0.15) is 14.0 Å². The zero-order chi connectivity index (χ0) is 36.4. The van der Waals surface area contributed by atoms with Crippen LogP contribution in [0.4, 0.5) is 0 Å². The van der Waals surface area contributed by atoms with Gasteiger partial charge in [0.2, 0.25) is 0 Å². The van der Waals surface area contributed by atoms with Crippen LogP contribution in [0.2, 0.25) is 0 Å². The van der Waals surface area contributed by atoms with Crippen molar-refractivity contribution in [3.63, 3.8) is 0 Å². The molecule has 0 spiro atoms. The fraction of sp³-hybridized carbons (Fsp3) is 0. The quantitative estimate of drug-likeness (QED) is 0.176. The predicted molar refractivity (Wildman–Crippen MR) is 203 cm³/mol. The van der Waals surface area contributed by atoms with Crippen LogP contribution in [0, 0.1) is 10.2 Å². The van der Waals surface area contributed by atoms with Crippen molar-refractivity contribution in [1.82, 2.24) is 19.9 Å². The van der Waals surface area contributed by atoms with E-state index in [4.69, 9.17) is 28.6 Å². The molecule has 2 aliphatic heterocycles. The molecule has 0 amide bonds. The Kier molecular flexibility index (Phi) is 9.12. The van der Waals surface area contributed by atoms with Crippen LogP contribution >= 0.6 is 0 Å². The van der Waals surface area contributed by atoms with Gasteiger partial charge in [-0.1, -0.05) is 121 Å². The summed E-state index contributed by atoms with van der Waals surface area (Å²) in [7, 11) is -4.69. The molecule has 4 aromatic carbocycles. The number of nitrogens with zero attached hydrogens (tertiary/aromatic N) is 2. The fourth-order valence-electron chi connectivity index (χ4n) is 6.84. The van der Waals surface area contributed by atoms with E-state index in [0.29, 0.717) is 0 Å². The number of rotatable bonds is 4. The topological polar surface area (TPSA) is 147 Å². The standard InChI is InChI=1S/C44H30N4.ClHO4/c1-5-13-29(14-6-1)41-33-21-23-35(45-33)42(30-15-7-2-8-16-30)37-25-27-39(47-37)44(32-19-11-4-12-20-32)40-28-26-38(48-40)43(31-17-9-3-10-18-31)36-24-22-34(41)46-36;2-1(3,4)5/h1-28,45,48H;(H,2,3,4,5). The van der Waals surface area contributed by atoms with Gasteiger partial charge in [-0.05, 0) is 70.8 Å². The minimum Gasteiger partial charge on any atom is -0.354 e. The Labute approximate surface area is 307 Å². The Morgan fingerprint density at radius 3 is 0.774 bits per heavy atom. The second kappa shape index (κ2) is 14.3. The number of nitrogens with one attached hydrogen (secondary N) is 2. The van der Waals surface area contributed by atoms with Gasteiger partial charge < -0.3 is 9.97 Å². The molecule has 8 nitrogen and oxygen atoms in total. The van der Waals surface area contributed by atoms with Crippen molar-refractivity contribution in [2.75, 3.05) is 0 Å². The summed E-state index contributed by atoms with van der Waals surface area (Å²) in [5.41, 5.74) is 16.2. The molecule has 0 radical (unpaired) electrons. The largest absolute Gasteiger partial charge is 0.354 e. The van der Waals surface area contributed by atoms with Gasteiger partial charge in [0.1, 0.15) is 0 Å². The van der Waals surface area contributed by atoms with Crippen molar-refractivity contribution < 1.29 is 28.9 Å². The lowest BCUT2D eigenvalue weighted by molar-refractivity contribution is -1.92. The average molecular weight is 715 g/mol. The summed E-state index contributed by atoms with van der Waals surface area (Å²) < 4.78 is 32.7. The minimum absolute atomic E-state index is 0.906. The predicted octanol–water partition coefficient (Wildman–Crippen LogP) is 7.20. The molecule has 0 fully saturated rings. The first-order valence-corrected chi connectivity index (χ1v) is 18.1. The van der Waals surface area contributed by atoms with Crippen molar-refractivity contribution in [3.05, 3.63) is 168 Å². The van der Waals surface area contributed by atoms with Crippen LogP contribution < -0.4 is 14.0 Å². The first kappa shape index (κ1) is 33.7. The Balaban J connectivity index is 0.000000752. The number of fused-ring (bicyclic) bond motifs is 8. The molecule has 0 saturated heterocycles. The summed E-state index contributed by atoms with van der Waals surface area (Å²) in [5, 5.41) is 0. The van der Waals surface area contributed by atoms with Crippen molar-refractivity contribution in [3.8, 4) is 44.5 Å². The molecule has 9 heteroatoms. The average Bonchev–Trinajstić information content (AvgIpc) is 4.01. The van der Waals surface area contributed by atoms with Crippen LogP contribution in [-0.2, 0) is 0 Å². The fourth-order valence-corrected chi connectivity index (χ4v) is 6.84. The third-order valence-electron chi connectivity index (χ3n) is 9.00. The SMILES string of the molecule is C1=Cc2nc1c(-c1ccccc1)c1ccc([nH]1)c(-c1ccccc1)c1nc(c(-c3ccccc3)c3ccc([nH]3)c2-c2ccccc2)C=C1.[O-][Cl+3]([O-])([O-])O. The van der Waals surface area contributed by atoms with E-state index < -0.39 is 10.2 Å². The van der Waals surface area contributed by atoms with Gasteiger partial charge in [0.25, 0.3) is 0 Å². The van der Waals surface area contributed by atoms with Gasteiger partial charge in [0, 0.05) is 44.3 Å². The van der Waals surface area contributed by atoms with Crippen molar-refractivity contribution in [2.45, 2.75) is 0 Å². The van der Waals surface area contributed by atoms with Gasteiger partial charge in [-0.3, -0.25) is 0 Å². The first-order valence-electron chi connectivity index (χ1n) is 16.8. The second-order valence-electron chi connectivity index (χ2n) is 12.4. The number of aromatic amines is 2. The van der Waals surface area contributed by atoms with Gasteiger partial charge in [-0.25, -0.2) is 9.97 Å². The number of hydrogen-bond acceptors (Lipinski definition) is 6. The molecular formula is C44H31ClN4O4. The van der Waals surface area contributed by atoms with Crippen LogP contribution in [0.5, 0.6) is 0 Å². The molecule has 0 saturated carbocycles. The summed E-state index contributed by atoms with van der Waals surface area (Å²) in [6.45, 7) is 0. The van der Waals surface area contributed by atoms with E-state index in [0.717, 1.165) is 89.4 Å². The number of benzene rings is 4. The van der Waals surface area contributed by atoms with E-state index in [2.05, 4.69) is 156 Å². The first-order chi connectivity index (χ1) is 25.8. The summed E-state index contributed by atoms with van der Waals surface area (Å²) in [6, 6.07) is 50.7. The van der Waals surface area contributed by atoms with Crippen LogP contribution in [0.25, 0.3) is 90.9 Å². The molecule has 8 bridgehead atoms. The number of halogens is 1. The van der Waals surface area contributed by atoms with Crippen molar-refractivity contribution >= 4 is 46.4 Å². The Hall–Kier alpha value is -6.39. The third kappa shape index (κ3) is 7.22. The van der Waals surface area contributed by atoms with E-state index in [1.807, 2.05) is 24.3 Å². The maximum absolute atomic E-state index is 8.60. The van der Waals surface area contributed by atoms with Crippen LogP contribution in [0.1, 0.15) is 22.8 Å². The zero-order valence-electron chi connectivity index (χ0n) is 28.1. The molecule has 3 N–H and O–H groups in total. The molecule has 3 aromatic heterocycles. The van der Waals surface area contributed by atoms with E-state index in [-0.39, 0.29) is 0 Å². The summed E-state index contributed by atoms with van der Waals surface area (Å²) >= 11 is 0. The lowest BCUT2D eigenvalue weighted by Crippen LogP contribution is -2.58. The van der Waals surface area contributed by atoms with Crippen LogP contribution in [-0.4, -0.2) is 24.6 Å². The molecule has 0 unspecified atom stereocenters. The molecule has 7 aromatic rings. The highest BCUT2D eigenvalue weighted by atomic mass is 35.7. The van der Waals surface area contributed by atoms with Gasteiger partial charge in [-0.15, -0.1) is 0 Å². The van der Waals surface area contributed by atoms with Crippen LogP contribution in [0.15, 0.2) is 146 Å². The Bertz CT molecular complexity index is 2290. The molecule has 258 valence electrons. The molecule has 2 aliphatic rings. The molecule has 0 atom stereocenters. The normalized spacial score (nSPS) is 12.0. The lowest BCUT2D eigenvalue weighted by atomic mass is 10.0. The summed E-state index contributed by atoms with van der Waals surface area (Å²) in [6.07, 6.45) is 8.54. The Morgan fingerprint density at radius 2 is 0.566 bits per heavy atom. The zero-order valence-corrected chi connectivity index (χ0v) is 28.9. The van der Waals surface area contributed by atoms with Crippen LogP contribution in [0.3, 0.4) is 0 Å².